The third-order valence-electron chi connectivity index (χ3n) is 5.17. The van der Waals surface area contributed by atoms with Crippen LogP contribution in [0.5, 0.6) is 5.75 Å². The lowest BCUT2D eigenvalue weighted by molar-refractivity contribution is -0.137. The average Bonchev–Trinajstić information content (AvgIpc) is 3.13. The molecule has 0 aliphatic carbocycles. The van der Waals surface area contributed by atoms with Crippen molar-refractivity contribution in [1.82, 2.24) is 0 Å². The first-order valence-electron chi connectivity index (χ1n) is 9.43. The highest BCUT2D eigenvalue weighted by Crippen LogP contribution is 2.47. The number of carbonyl (C=O) groups excluding carboxylic acids is 2. The summed E-state index contributed by atoms with van der Waals surface area (Å²) in [5.74, 6) is -1.36. The van der Waals surface area contributed by atoms with Crippen molar-refractivity contribution in [1.29, 1.82) is 0 Å². The molecule has 148 valence electrons. The quantitative estimate of drug-likeness (QED) is 0.472. The van der Waals surface area contributed by atoms with Crippen LogP contribution in [0.1, 0.15) is 49.4 Å². The van der Waals surface area contributed by atoms with Gasteiger partial charge in [-0.05, 0) is 29.5 Å². The highest BCUT2D eigenvalue weighted by Gasteiger charge is 2.39. The SMILES string of the molecule is CC(C)(C)c1cc(CCC(=O)O)cc2c1OC(=O)/C2=C1/C(=O)Nc2ccccc21. The van der Waals surface area contributed by atoms with Crippen molar-refractivity contribution in [2.75, 3.05) is 5.32 Å². The molecule has 0 unspecified atom stereocenters. The summed E-state index contributed by atoms with van der Waals surface area (Å²) in [5.41, 5.74) is 3.64. The number of carboxylic acids is 1. The van der Waals surface area contributed by atoms with E-state index in [2.05, 4.69) is 5.32 Å². The largest absolute Gasteiger partial charge is 0.481 e. The highest BCUT2D eigenvalue weighted by atomic mass is 16.5. The molecule has 2 N–H and O–H groups in total. The second kappa shape index (κ2) is 6.58. The predicted molar refractivity (Wildman–Crippen MR) is 109 cm³/mol. The number of carbonyl (C=O) groups is 3. The number of carboxylic acid groups (broad SMARTS) is 1. The lowest BCUT2D eigenvalue weighted by Gasteiger charge is -2.22. The lowest BCUT2D eigenvalue weighted by Crippen LogP contribution is -2.14. The summed E-state index contributed by atoms with van der Waals surface area (Å²) in [7, 11) is 0. The Labute approximate surface area is 168 Å². The van der Waals surface area contributed by atoms with Gasteiger partial charge in [0.2, 0.25) is 0 Å². The summed E-state index contributed by atoms with van der Waals surface area (Å²) >= 11 is 0. The maximum absolute atomic E-state index is 12.9. The first-order valence-corrected chi connectivity index (χ1v) is 9.43. The molecule has 0 saturated heterocycles. The van der Waals surface area contributed by atoms with E-state index in [1.54, 1.807) is 18.2 Å². The second-order valence-electron chi connectivity index (χ2n) is 8.30. The number of nitrogens with one attached hydrogen (secondary N) is 1. The van der Waals surface area contributed by atoms with Crippen LogP contribution in [0.3, 0.4) is 0 Å². The third-order valence-corrected chi connectivity index (χ3v) is 5.17. The molecule has 6 nitrogen and oxygen atoms in total. The molecule has 2 aliphatic heterocycles. The van der Waals surface area contributed by atoms with Gasteiger partial charge >= 0.3 is 11.9 Å². The monoisotopic (exact) mass is 391 g/mol. The number of ether oxygens (including phenoxy) is 1. The van der Waals surface area contributed by atoms with Gasteiger partial charge in [0, 0.05) is 28.8 Å². The summed E-state index contributed by atoms with van der Waals surface area (Å²) in [5, 5.41) is 11.9. The van der Waals surface area contributed by atoms with E-state index >= 15 is 0 Å². The van der Waals surface area contributed by atoms with Crippen LogP contribution in [0.15, 0.2) is 36.4 Å². The predicted octanol–water partition coefficient (Wildman–Crippen LogP) is 3.78. The number of aryl methyl sites for hydroxylation is 1. The standard InChI is InChI=1S/C23H21NO5/c1-23(2,3)15-11-12(8-9-17(25)26)10-14-19(22(28)29-20(14)15)18-13-6-4-5-7-16(13)24-21(18)27/h4-7,10-11H,8-9H2,1-3H3,(H,24,27)(H,25,26)/b19-18+. The molecule has 0 fully saturated rings. The van der Waals surface area contributed by atoms with Gasteiger partial charge in [-0.1, -0.05) is 45.0 Å². The fourth-order valence-corrected chi connectivity index (χ4v) is 3.79. The van der Waals surface area contributed by atoms with Crippen molar-refractivity contribution in [3.8, 4) is 5.75 Å². The van der Waals surface area contributed by atoms with E-state index in [4.69, 9.17) is 9.84 Å². The lowest BCUT2D eigenvalue weighted by atomic mass is 9.82. The van der Waals surface area contributed by atoms with Crippen molar-refractivity contribution in [2.45, 2.75) is 39.0 Å². The Bertz CT molecular complexity index is 1100. The van der Waals surface area contributed by atoms with Crippen LogP contribution in [-0.4, -0.2) is 23.0 Å². The number of fused-ring (bicyclic) bond motifs is 2. The topological polar surface area (TPSA) is 92.7 Å². The minimum atomic E-state index is -0.891. The fraction of sp³-hybridized carbons (Fsp3) is 0.261. The molecule has 2 aliphatic rings. The maximum atomic E-state index is 12.9. The van der Waals surface area contributed by atoms with Gasteiger partial charge in [-0.3, -0.25) is 9.59 Å². The summed E-state index contributed by atoms with van der Waals surface area (Å²) < 4.78 is 5.64. The van der Waals surface area contributed by atoms with Gasteiger partial charge in [-0.15, -0.1) is 0 Å². The normalized spacial score (nSPS) is 17.6. The van der Waals surface area contributed by atoms with Crippen LogP contribution in [0.25, 0.3) is 11.1 Å². The Morgan fingerprint density at radius 3 is 2.48 bits per heavy atom. The summed E-state index contributed by atoms with van der Waals surface area (Å²) in [6.45, 7) is 6.00. The summed E-state index contributed by atoms with van der Waals surface area (Å²) in [6.07, 6.45) is 0.303. The molecular weight excluding hydrogens is 370 g/mol. The van der Waals surface area contributed by atoms with Crippen molar-refractivity contribution >= 4 is 34.7 Å². The number of para-hydroxylation sites is 1. The molecule has 6 heteroatoms. The zero-order valence-electron chi connectivity index (χ0n) is 16.5. The summed E-state index contributed by atoms with van der Waals surface area (Å²) in [6, 6.07) is 10.9. The van der Waals surface area contributed by atoms with E-state index in [9.17, 15) is 14.4 Å². The maximum Gasteiger partial charge on any atom is 0.345 e. The average molecular weight is 391 g/mol. The molecule has 0 spiro atoms. The Hall–Kier alpha value is -3.41. The highest BCUT2D eigenvalue weighted by molar-refractivity contribution is 6.45. The Morgan fingerprint density at radius 1 is 1.07 bits per heavy atom. The fourth-order valence-electron chi connectivity index (χ4n) is 3.79. The molecular formula is C23H21NO5. The van der Waals surface area contributed by atoms with Crippen molar-refractivity contribution in [2.24, 2.45) is 0 Å². The van der Waals surface area contributed by atoms with Gasteiger partial charge in [0.1, 0.15) is 5.75 Å². The molecule has 0 saturated carbocycles. The molecule has 0 radical (unpaired) electrons. The first-order chi connectivity index (χ1) is 13.7. The first kappa shape index (κ1) is 18.9. The number of anilines is 1. The zero-order chi connectivity index (χ0) is 20.9. The van der Waals surface area contributed by atoms with E-state index in [-0.39, 0.29) is 23.3 Å². The molecule has 0 bridgehead atoms. The van der Waals surface area contributed by atoms with Gasteiger partial charge in [-0.2, -0.15) is 0 Å². The number of esters is 1. The molecule has 0 aromatic heterocycles. The van der Waals surface area contributed by atoms with Crippen molar-refractivity contribution in [3.63, 3.8) is 0 Å². The minimum absolute atomic E-state index is 0.0214. The van der Waals surface area contributed by atoms with Crippen LogP contribution in [0.4, 0.5) is 5.69 Å². The van der Waals surface area contributed by atoms with Gasteiger partial charge < -0.3 is 15.2 Å². The molecule has 2 heterocycles. The number of hydrogen-bond donors (Lipinski definition) is 2. The van der Waals surface area contributed by atoms with Crippen molar-refractivity contribution < 1.29 is 24.2 Å². The number of rotatable bonds is 3. The van der Waals surface area contributed by atoms with Crippen LogP contribution in [-0.2, 0) is 26.2 Å². The van der Waals surface area contributed by atoms with E-state index in [0.717, 1.165) is 11.1 Å². The van der Waals surface area contributed by atoms with E-state index in [1.807, 2.05) is 39.0 Å². The molecule has 1 amide bonds. The van der Waals surface area contributed by atoms with Crippen LogP contribution < -0.4 is 10.1 Å². The molecule has 2 aromatic carbocycles. The number of benzene rings is 2. The Kier molecular flexibility index (Phi) is 4.30. The summed E-state index contributed by atoms with van der Waals surface area (Å²) in [4.78, 5) is 36.6. The smallest absolute Gasteiger partial charge is 0.345 e. The zero-order valence-corrected chi connectivity index (χ0v) is 16.5. The number of amides is 1. The number of hydrogen-bond acceptors (Lipinski definition) is 4. The van der Waals surface area contributed by atoms with Crippen LogP contribution >= 0.6 is 0 Å². The van der Waals surface area contributed by atoms with Crippen molar-refractivity contribution in [3.05, 3.63) is 58.7 Å². The van der Waals surface area contributed by atoms with E-state index < -0.39 is 11.9 Å². The van der Waals surface area contributed by atoms with Crippen LogP contribution in [0.2, 0.25) is 0 Å². The van der Waals surface area contributed by atoms with Gasteiger partial charge in [-0.25, -0.2) is 4.79 Å². The number of aliphatic carboxylic acids is 1. The third kappa shape index (κ3) is 3.20. The molecule has 2 aromatic rings. The molecule has 0 atom stereocenters. The second-order valence-corrected chi connectivity index (χ2v) is 8.30. The Balaban J connectivity index is 1.97. The Morgan fingerprint density at radius 2 is 1.79 bits per heavy atom. The van der Waals surface area contributed by atoms with E-state index in [0.29, 0.717) is 34.6 Å². The molecule has 29 heavy (non-hydrogen) atoms. The van der Waals surface area contributed by atoms with Crippen LogP contribution in [0, 0.1) is 0 Å². The molecule has 4 rings (SSSR count). The van der Waals surface area contributed by atoms with Gasteiger partial charge in [0.25, 0.3) is 5.91 Å². The van der Waals surface area contributed by atoms with Gasteiger partial charge in [0.05, 0.1) is 11.1 Å². The van der Waals surface area contributed by atoms with Gasteiger partial charge in [0.15, 0.2) is 0 Å². The minimum Gasteiger partial charge on any atom is -0.481 e. The van der Waals surface area contributed by atoms with E-state index in [1.165, 1.54) is 0 Å².